The van der Waals surface area contributed by atoms with Gasteiger partial charge in [0.2, 0.25) is 0 Å². The van der Waals surface area contributed by atoms with Crippen molar-refractivity contribution in [2.45, 2.75) is 121 Å². The Morgan fingerprint density at radius 3 is 2.39 bits per heavy atom. The van der Waals surface area contributed by atoms with Crippen LogP contribution in [-0.2, 0) is 9.47 Å². The summed E-state index contributed by atoms with van der Waals surface area (Å²) in [6.07, 6.45) is 4.97. The number of aliphatic hydroxyl groups is 1. The van der Waals surface area contributed by atoms with Crippen LogP contribution in [0.15, 0.2) is 54.7 Å². The Hall–Kier alpha value is -6.00. The summed E-state index contributed by atoms with van der Waals surface area (Å²) >= 11 is 0. The lowest BCUT2D eigenvalue weighted by Gasteiger charge is -2.38. The van der Waals surface area contributed by atoms with Crippen LogP contribution in [0.2, 0.25) is 16.6 Å². The lowest BCUT2D eigenvalue weighted by Crippen LogP contribution is -2.48. The molecule has 3 aromatic carbocycles. The van der Waals surface area contributed by atoms with E-state index in [0.29, 0.717) is 81.3 Å². The minimum atomic E-state index is -2.30. The van der Waals surface area contributed by atoms with Crippen molar-refractivity contribution in [2.75, 3.05) is 51.7 Å². The zero-order chi connectivity index (χ0) is 50.1. The summed E-state index contributed by atoms with van der Waals surface area (Å²) in [5.74, 6) is 2.99. The molecule has 18 heteroatoms. The highest BCUT2D eigenvalue weighted by molar-refractivity contribution is 6.90. The van der Waals surface area contributed by atoms with Gasteiger partial charge < -0.3 is 33.7 Å². The first-order chi connectivity index (χ1) is 33.3. The second-order valence-electron chi connectivity index (χ2n) is 20.2. The number of hydrogen-bond donors (Lipinski definition) is 1. The number of pyridine rings is 1. The number of benzene rings is 3. The van der Waals surface area contributed by atoms with Crippen molar-refractivity contribution < 1.29 is 47.3 Å². The number of aromatic nitrogens is 3. The molecule has 0 bridgehead atoms. The van der Waals surface area contributed by atoms with E-state index in [1.54, 1.807) is 25.3 Å². The summed E-state index contributed by atoms with van der Waals surface area (Å²) < 4.78 is 62.0. The SMILES string of the molecule is COCOc1cc(-c2ncc3c(N4CCC[C@@](C)(O)C4)nc(OC[C@@]45CCCN4[C@H](COC(=O)Oc4ccc([N+](=O)[O-])cc4)CC5)nc3c2F)c2c(C#C[Si](C(C)C)(C(C)C)C(C)C)cc(F)cc2c1. The maximum Gasteiger partial charge on any atom is 0.513 e. The first-order valence-corrected chi connectivity index (χ1v) is 26.3. The molecule has 1 N–H and O–H groups in total. The van der Waals surface area contributed by atoms with Crippen molar-refractivity contribution >= 4 is 47.4 Å². The number of hydrogen-bond acceptors (Lipinski definition) is 14. The van der Waals surface area contributed by atoms with Crippen LogP contribution < -0.4 is 19.1 Å². The van der Waals surface area contributed by atoms with Crippen molar-refractivity contribution in [2.24, 2.45) is 0 Å². The normalized spacial score (nSPS) is 20.5. The number of carbonyl (C=O) groups excluding carboxylic acids is 1. The van der Waals surface area contributed by atoms with E-state index in [1.165, 1.54) is 43.5 Å². The fraction of sp³-hybridized carbons (Fsp3) is 0.500. The second-order valence-corrected chi connectivity index (χ2v) is 25.8. The standard InChI is InChI=1S/C52H62F2N6O9Si/c1-32(2)70(33(3)4,34(5)6)22-16-35-23-37(53)24-36-25-41(68-31-65-8)26-42(44(35)36)46-45(54)47-43(27-55-46)48(58-20-9-17-51(7,62)29-58)57-49(56-47)67-30-52-18-10-21-59(52)39(15-19-52)28-66-50(61)69-40-13-11-38(12-14-40)60(63)64/h11-14,23-27,32-34,39,62H,9-10,15,17-21,28-31H2,1-8H3/t39-,51+,52-/m0/s1. The second kappa shape index (κ2) is 20.4. The highest BCUT2D eigenvalue weighted by atomic mass is 28.3. The Balaban J connectivity index is 1.16. The van der Waals surface area contributed by atoms with Gasteiger partial charge in [0.05, 0.1) is 21.4 Å². The lowest BCUT2D eigenvalue weighted by atomic mass is 9.94. The third-order valence-corrected chi connectivity index (χ3v) is 20.9. The van der Waals surface area contributed by atoms with E-state index in [4.69, 9.17) is 38.6 Å². The van der Waals surface area contributed by atoms with Gasteiger partial charge in [-0.1, -0.05) is 47.5 Å². The lowest BCUT2D eigenvalue weighted by molar-refractivity contribution is -0.384. The summed E-state index contributed by atoms with van der Waals surface area (Å²) in [6, 6.07) is 11.1. The van der Waals surface area contributed by atoms with Crippen LogP contribution in [0.1, 0.15) is 92.6 Å². The molecule has 3 aliphatic rings. The van der Waals surface area contributed by atoms with Crippen LogP contribution in [0.25, 0.3) is 32.9 Å². The molecule has 0 radical (unpaired) electrons. The Labute approximate surface area is 408 Å². The average molecular weight is 981 g/mol. The number of ether oxygens (including phenoxy) is 5. The zero-order valence-electron chi connectivity index (χ0n) is 41.1. The van der Waals surface area contributed by atoms with Gasteiger partial charge in [-0.2, -0.15) is 9.97 Å². The van der Waals surface area contributed by atoms with Gasteiger partial charge in [0, 0.05) is 61.1 Å². The largest absolute Gasteiger partial charge is 0.513 e. The number of nitro groups is 1. The molecule has 3 fully saturated rings. The molecule has 372 valence electrons. The van der Waals surface area contributed by atoms with Crippen LogP contribution >= 0.6 is 0 Å². The van der Waals surface area contributed by atoms with E-state index >= 15 is 8.78 Å². The number of rotatable bonds is 15. The van der Waals surface area contributed by atoms with E-state index in [9.17, 15) is 20.0 Å². The Kier molecular flexibility index (Phi) is 14.7. The Bertz CT molecular complexity index is 2820. The first kappa shape index (κ1) is 50.4. The number of halogens is 2. The fourth-order valence-corrected chi connectivity index (χ4v) is 16.6. The highest BCUT2D eigenvalue weighted by Crippen LogP contribution is 2.45. The minimum Gasteiger partial charge on any atom is -0.468 e. The number of nitro benzene ring substituents is 1. The molecule has 5 heterocycles. The maximum absolute atomic E-state index is 17.9. The van der Waals surface area contributed by atoms with Crippen molar-refractivity contribution in [3.63, 3.8) is 0 Å². The van der Waals surface area contributed by atoms with E-state index in [-0.39, 0.29) is 61.3 Å². The monoisotopic (exact) mass is 980 g/mol. The smallest absolute Gasteiger partial charge is 0.468 e. The molecule has 0 spiro atoms. The molecule has 0 unspecified atom stereocenters. The summed E-state index contributed by atoms with van der Waals surface area (Å²) in [5.41, 5.74) is 3.71. The quantitative estimate of drug-likeness (QED) is 0.0200. The summed E-state index contributed by atoms with van der Waals surface area (Å²) in [4.78, 5) is 41.8. The third kappa shape index (κ3) is 10.1. The predicted molar refractivity (Wildman–Crippen MR) is 265 cm³/mol. The van der Waals surface area contributed by atoms with Gasteiger partial charge in [-0.3, -0.25) is 20.0 Å². The third-order valence-electron chi connectivity index (χ3n) is 14.6. The van der Waals surface area contributed by atoms with Gasteiger partial charge in [0.15, 0.2) is 12.6 Å². The molecule has 70 heavy (non-hydrogen) atoms. The van der Waals surface area contributed by atoms with E-state index in [0.717, 1.165) is 25.8 Å². The fourth-order valence-electron chi connectivity index (χ4n) is 11.4. The van der Waals surface area contributed by atoms with Gasteiger partial charge in [-0.25, -0.2) is 13.6 Å². The topological polar surface area (TPSA) is 172 Å². The molecule has 5 aromatic rings. The molecule has 0 saturated carbocycles. The van der Waals surface area contributed by atoms with E-state index < -0.39 is 41.9 Å². The molecular formula is C52H62F2N6O9Si. The Morgan fingerprint density at radius 1 is 0.971 bits per heavy atom. The van der Waals surface area contributed by atoms with Gasteiger partial charge in [0.1, 0.15) is 55.6 Å². The molecule has 0 amide bonds. The number of methoxy groups -OCH3 is 1. The average Bonchev–Trinajstić information content (AvgIpc) is 3.88. The summed E-state index contributed by atoms with van der Waals surface area (Å²) in [6.45, 7) is 16.7. The van der Waals surface area contributed by atoms with Gasteiger partial charge >= 0.3 is 12.2 Å². The van der Waals surface area contributed by atoms with Crippen LogP contribution in [0.5, 0.6) is 17.5 Å². The highest BCUT2D eigenvalue weighted by Gasteiger charge is 2.50. The van der Waals surface area contributed by atoms with Crippen LogP contribution in [0.3, 0.4) is 0 Å². The molecule has 8 rings (SSSR count). The predicted octanol–water partition coefficient (Wildman–Crippen LogP) is 10.5. The Morgan fingerprint density at radius 2 is 1.70 bits per heavy atom. The first-order valence-electron chi connectivity index (χ1n) is 24.1. The number of anilines is 1. The van der Waals surface area contributed by atoms with Crippen molar-refractivity contribution in [1.29, 1.82) is 0 Å². The minimum absolute atomic E-state index is 0.0443. The van der Waals surface area contributed by atoms with Gasteiger partial charge in [-0.05, 0) is 110 Å². The number of non-ortho nitro benzene ring substituents is 1. The van der Waals surface area contributed by atoms with Gasteiger partial charge in [0.25, 0.3) is 5.69 Å². The molecule has 3 atom stereocenters. The van der Waals surface area contributed by atoms with Crippen molar-refractivity contribution in [1.82, 2.24) is 19.9 Å². The number of nitrogens with zero attached hydrogens (tertiary/aromatic N) is 6. The van der Waals surface area contributed by atoms with Crippen LogP contribution in [-0.4, -0.2) is 108 Å². The maximum atomic E-state index is 17.9. The van der Waals surface area contributed by atoms with Crippen LogP contribution in [0.4, 0.5) is 25.1 Å². The van der Waals surface area contributed by atoms with Crippen LogP contribution in [0, 0.1) is 33.2 Å². The summed E-state index contributed by atoms with van der Waals surface area (Å²) in [7, 11) is -0.807. The van der Waals surface area contributed by atoms with Crippen molar-refractivity contribution in [3.05, 3.63) is 82.0 Å². The molecular weight excluding hydrogens is 919 g/mol. The van der Waals surface area contributed by atoms with E-state index in [1.807, 2.05) is 4.90 Å². The molecule has 3 saturated heterocycles. The number of fused-ring (bicyclic) bond motifs is 3. The number of carbonyl (C=O) groups is 1. The van der Waals surface area contributed by atoms with E-state index in [2.05, 4.69) is 57.9 Å². The summed E-state index contributed by atoms with van der Waals surface area (Å²) in [5, 5.41) is 23.6. The molecule has 15 nitrogen and oxygen atoms in total. The number of β-amino-alcohol motifs (C(OH)–C–C–N with tert-alkyl or cyclic N) is 1. The van der Waals surface area contributed by atoms with Gasteiger partial charge in [-0.15, -0.1) is 5.54 Å². The molecule has 3 aliphatic heterocycles. The molecule has 0 aliphatic carbocycles. The zero-order valence-corrected chi connectivity index (χ0v) is 42.1. The van der Waals surface area contributed by atoms with Crippen molar-refractivity contribution in [3.8, 4) is 40.2 Å². The number of piperidine rings is 1. The molecule has 2 aromatic heterocycles.